The average molecular weight is 372 g/mol. The summed E-state index contributed by atoms with van der Waals surface area (Å²) in [4.78, 5) is 26.9. The second kappa shape index (κ2) is 8.19. The molecule has 0 unspecified atom stereocenters. The van der Waals surface area contributed by atoms with Gasteiger partial charge in [0.15, 0.2) is 11.5 Å². The lowest BCUT2D eigenvalue weighted by Gasteiger charge is -2.31. The molecule has 6 heteroatoms. The minimum atomic E-state index is -0.0469. The number of carbonyl (C=O) groups is 2. The van der Waals surface area contributed by atoms with Gasteiger partial charge in [-0.3, -0.25) is 9.59 Å². The monoisotopic (exact) mass is 372 g/mol. The zero-order valence-electron chi connectivity index (χ0n) is 15.7. The summed E-state index contributed by atoms with van der Waals surface area (Å²) in [5.74, 6) is 2.35. The highest BCUT2D eigenvalue weighted by Gasteiger charge is 2.28. The summed E-state index contributed by atoms with van der Waals surface area (Å²) in [6, 6.07) is 5.43. The zero-order valence-corrected chi connectivity index (χ0v) is 15.7. The number of fused-ring (bicyclic) bond motifs is 1. The third-order valence-electron chi connectivity index (χ3n) is 6.10. The van der Waals surface area contributed by atoms with E-state index in [1.54, 1.807) is 6.07 Å². The molecule has 1 aromatic rings. The fourth-order valence-corrected chi connectivity index (χ4v) is 4.39. The molecule has 2 aliphatic heterocycles. The Labute approximate surface area is 160 Å². The molecule has 1 aromatic carbocycles. The van der Waals surface area contributed by atoms with Gasteiger partial charge in [-0.05, 0) is 37.3 Å². The lowest BCUT2D eigenvalue weighted by molar-refractivity contribution is -0.134. The molecule has 0 atom stereocenters. The van der Waals surface area contributed by atoms with Crippen LogP contribution in [0.5, 0.6) is 11.5 Å². The van der Waals surface area contributed by atoms with Crippen molar-refractivity contribution in [2.45, 2.75) is 51.4 Å². The fraction of sp³-hybridized carbons (Fsp3) is 0.619. The van der Waals surface area contributed by atoms with Crippen LogP contribution in [0.15, 0.2) is 18.2 Å². The molecule has 146 valence electrons. The van der Waals surface area contributed by atoms with Crippen molar-refractivity contribution in [3.05, 3.63) is 18.2 Å². The number of hydrogen-bond acceptors (Lipinski definition) is 4. The maximum atomic E-state index is 12.6. The van der Waals surface area contributed by atoms with E-state index in [1.807, 2.05) is 17.0 Å². The number of carbonyl (C=O) groups excluding carboxylic acids is 2. The predicted molar refractivity (Wildman–Crippen MR) is 102 cm³/mol. The van der Waals surface area contributed by atoms with E-state index in [9.17, 15) is 9.59 Å². The molecule has 3 aliphatic rings. The SMILES string of the molecule is O=C(Nc1ccc2c(c1)OCO2)C1CCN(C(=O)CCC2CCCC2)CC1. The van der Waals surface area contributed by atoms with E-state index in [-0.39, 0.29) is 24.5 Å². The van der Waals surface area contributed by atoms with E-state index in [0.717, 1.165) is 30.9 Å². The molecule has 27 heavy (non-hydrogen) atoms. The second-order valence-electron chi connectivity index (χ2n) is 7.90. The van der Waals surface area contributed by atoms with E-state index in [4.69, 9.17) is 9.47 Å². The molecule has 6 nitrogen and oxygen atoms in total. The number of nitrogens with one attached hydrogen (secondary N) is 1. The number of piperidine rings is 1. The number of nitrogens with zero attached hydrogens (tertiary/aromatic N) is 1. The van der Waals surface area contributed by atoms with Gasteiger partial charge in [0.25, 0.3) is 0 Å². The van der Waals surface area contributed by atoms with Crippen LogP contribution in [0.4, 0.5) is 5.69 Å². The molecule has 1 aliphatic carbocycles. The topological polar surface area (TPSA) is 67.9 Å². The van der Waals surface area contributed by atoms with Crippen LogP contribution < -0.4 is 14.8 Å². The normalized spacial score (nSPS) is 20.1. The lowest BCUT2D eigenvalue weighted by Crippen LogP contribution is -2.41. The van der Waals surface area contributed by atoms with E-state index < -0.39 is 0 Å². The van der Waals surface area contributed by atoms with Crippen molar-refractivity contribution in [1.82, 2.24) is 4.90 Å². The highest BCUT2D eigenvalue weighted by molar-refractivity contribution is 5.93. The van der Waals surface area contributed by atoms with Crippen molar-refractivity contribution in [2.75, 3.05) is 25.2 Å². The molecular formula is C21H28N2O4. The van der Waals surface area contributed by atoms with Crippen LogP contribution in [-0.4, -0.2) is 36.6 Å². The number of anilines is 1. The van der Waals surface area contributed by atoms with Gasteiger partial charge in [-0.2, -0.15) is 0 Å². The van der Waals surface area contributed by atoms with Crippen LogP contribution in [0.25, 0.3) is 0 Å². The van der Waals surface area contributed by atoms with Gasteiger partial charge in [-0.25, -0.2) is 0 Å². The standard InChI is InChI=1S/C21H28N2O4/c24-20(8-5-15-3-1-2-4-15)23-11-9-16(10-12-23)21(25)22-17-6-7-18-19(13-17)27-14-26-18/h6-7,13,15-16H,1-5,8-12,14H2,(H,22,25). The number of rotatable bonds is 5. The molecule has 0 spiro atoms. The molecule has 1 saturated carbocycles. The zero-order chi connectivity index (χ0) is 18.6. The van der Waals surface area contributed by atoms with Crippen LogP contribution in [0.3, 0.4) is 0 Å². The Bertz CT molecular complexity index is 691. The van der Waals surface area contributed by atoms with Crippen LogP contribution in [0.2, 0.25) is 0 Å². The first-order chi connectivity index (χ1) is 13.2. The summed E-state index contributed by atoms with van der Waals surface area (Å²) < 4.78 is 10.6. The van der Waals surface area contributed by atoms with Gasteiger partial charge in [0.2, 0.25) is 18.6 Å². The van der Waals surface area contributed by atoms with Crippen molar-refractivity contribution in [3.8, 4) is 11.5 Å². The molecule has 0 bridgehead atoms. The smallest absolute Gasteiger partial charge is 0.231 e. The average Bonchev–Trinajstić information content (AvgIpc) is 3.37. The van der Waals surface area contributed by atoms with Crippen molar-refractivity contribution < 1.29 is 19.1 Å². The number of benzene rings is 1. The van der Waals surface area contributed by atoms with Gasteiger partial charge in [0, 0.05) is 37.2 Å². The molecule has 0 aromatic heterocycles. The Morgan fingerprint density at radius 3 is 2.56 bits per heavy atom. The van der Waals surface area contributed by atoms with Gasteiger partial charge in [-0.1, -0.05) is 25.7 Å². The Hall–Kier alpha value is -2.24. The first kappa shape index (κ1) is 18.1. The predicted octanol–water partition coefficient (Wildman–Crippen LogP) is 3.56. The summed E-state index contributed by atoms with van der Waals surface area (Å²) in [5.41, 5.74) is 0.722. The molecular weight excluding hydrogens is 344 g/mol. The molecule has 2 fully saturated rings. The van der Waals surface area contributed by atoms with Gasteiger partial charge >= 0.3 is 0 Å². The third kappa shape index (κ3) is 4.37. The number of hydrogen-bond donors (Lipinski definition) is 1. The maximum Gasteiger partial charge on any atom is 0.231 e. The minimum Gasteiger partial charge on any atom is -0.454 e. The van der Waals surface area contributed by atoms with Crippen molar-refractivity contribution in [3.63, 3.8) is 0 Å². The Kier molecular flexibility index (Phi) is 5.50. The summed E-state index contributed by atoms with van der Waals surface area (Å²) in [7, 11) is 0. The summed E-state index contributed by atoms with van der Waals surface area (Å²) in [6.07, 6.45) is 8.37. The van der Waals surface area contributed by atoms with E-state index in [1.165, 1.54) is 25.7 Å². The van der Waals surface area contributed by atoms with Crippen molar-refractivity contribution in [2.24, 2.45) is 11.8 Å². The Morgan fingerprint density at radius 2 is 1.78 bits per heavy atom. The quantitative estimate of drug-likeness (QED) is 0.858. The Morgan fingerprint density at radius 1 is 1.04 bits per heavy atom. The van der Waals surface area contributed by atoms with E-state index in [2.05, 4.69) is 5.32 Å². The summed E-state index contributed by atoms with van der Waals surface area (Å²) >= 11 is 0. The molecule has 2 amide bonds. The van der Waals surface area contributed by atoms with Crippen LogP contribution in [-0.2, 0) is 9.59 Å². The summed E-state index contributed by atoms with van der Waals surface area (Å²) in [6.45, 7) is 1.59. The highest BCUT2D eigenvalue weighted by atomic mass is 16.7. The first-order valence-corrected chi connectivity index (χ1v) is 10.2. The first-order valence-electron chi connectivity index (χ1n) is 10.2. The fourth-order valence-electron chi connectivity index (χ4n) is 4.39. The van der Waals surface area contributed by atoms with Crippen molar-refractivity contribution >= 4 is 17.5 Å². The van der Waals surface area contributed by atoms with Crippen LogP contribution in [0.1, 0.15) is 51.4 Å². The van der Waals surface area contributed by atoms with Gasteiger partial charge in [-0.15, -0.1) is 0 Å². The third-order valence-corrected chi connectivity index (χ3v) is 6.10. The number of ether oxygens (including phenoxy) is 2. The van der Waals surface area contributed by atoms with Crippen LogP contribution >= 0.6 is 0 Å². The molecule has 2 heterocycles. The minimum absolute atomic E-state index is 0.0203. The van der Waals surface area contributed by atoms with Crippen LogP contribution in [0, 0.1) is 11.8 Å². The van der Waals surface area contributed by atoms with Crippen molar-refractivity contribution in [1.29, 1.82) is 0 Å². The molecule has 1 saturated heterocycles. The largest absolute Gasteiger partial charge is 0.454 e. The Balaban J connectivity index is 1.22. The highest BCUT2D eigenvalue weighted by Crippen LogP contribution is 2.34. The summed E-state index contributed by atoms with van der Waals surface area (Å²) in [5, 5.41) is 2.97. The van der Waals surface area contributed by atoms with E-state index >= 15 is 0 Å². The number of amides is 2. The molecule has 4 rings (SSSR count). The second-order valence-corrected chi connectivity index (χ2v) is 7.90. The van der Waals surface area contributed by atoms with Gasteiger partial charge < -0.3 is 19.7 Å². The van der Waals surface area contributed by atoms with E-state index in [0.29, 0.717) is 31.0 Å². The molecule has 1 N–H and O–H groups in total. The van der Waals surface area contributed by atoms with Gasteiger partial charge in [0.05, 0.1) is 0 Å². The molecule has 0 radical (unpaired) electrons. The van der Waals surface area contributed by atoms with Gasteiger partial charge in [0.1, 0.15) is 0 Å². The lowest BCUT2D eigenvalue weighted by atomic mass is 9.95. The number of likely N-dealkylation sites (tertiary alicyclic amines) is 1. The maximum absolute atomic E-state index is 12.6.